The molecule has 3 aromatic rings. The molecule has 0 aliphatic carbocycles. The number of rotatable bonds is 3. The highest BCUT2D eigenvalue weighted by Gasteiger charge is 2.57. The van der Waals surface area contributed by atoms with Gasteiger partial charge in [-0.25, -0.2) is 4.98 Å². The van der Waals surface area contributed by atoms with Gasteiger partial charge in [-0.2, -0.15) is 5.10 Å². The van der Waals surface area contributed by atoms with Crippen molar-refractivity contribution in [3.05, 3.63) is 71.7 Å². The van der Waals surface area contributed by atoms with Crippen molar-refractivity contribution < 1.29 is 14.0 Å². The average Bonchev–Trinajstić information content (AvgIpc) is 3.50. The number of aromatic nitrogens is 3. The van der Waals surface area contributed by atoms with Crippen LogP contribution < -0.4 is 0 Å². The molecule has 2 aliphatic heterocycles. The second-order valence-electron chi connectivity index (χ2n) is 7.85. The number of carbonyl (C=O) groups is 2. The number of hydrogen-bond donors (Lipinski definition) is 1. The Labute approximate surface area is 167 Å². The monoisotopic (exact) mass is 391 g/mol. The Kier molecular flexibility index (Phi) is 4.01. The summed E-state index contributed by atoms with van der Waals surface area (Å²) in [6, 6.07) is 11.0. The molecule has 148 valence electrons. The number of furan rings is 1. The van der Waals surface area contributed by atoms with Gasteiger partial charge in [0.2, 0.25) is 0 Å². The van der Waals surface area contributed by atoms with E-state index in [2.05, 4.69) is 15.2 Å². The number of aryl methyl sites for hydroxylation is 1. The van der Waals surface area contributed by atoms with E-state index in [0.29, 0.717) is 43.1 Å². The van der Waals surface area contributed by atoms with Crippen LogP contribution in [0.1, 0.15) is 32.4 Å². The molecule has 1 N–H and O–H groups in total. The van der Waals surface area contributed by atoms with Crippen LogP contribution in [0.5, 0.6) is 0 Å². The topological polar surface area (TPSA) is 95.3 Å². The summed E-state index contributed by atoms with van der Waals surface area (Å²) in [6.45, 7) is 3.93. The molecule has 8 nitrogen and oxygen atoms in total. The maximum absolute atomic E-state index is 13.0. The molecule has 2 saturated heterocycles. The number of amides is 2. The van der Waals surface area contributed by atoms with Crippen LogP contribution in [0.3, 0.4) is 0 Å². The van der Waals surface area contributed by atoms with Gasteiger partial charge in [0, 0.05) is 37.7 Å². The molecule has 0 bridgehead atoms. The van der Waals surface area contributed by atoms with Crippen molar-refractivity contribution in [2.75, 3.05) is 26.2 Å². The van der Waals surface area contributed by atoms with E-state index < -0.39 is 5.41 Å². The largest absolute Gasteiger partial charge is 0.472 e. The van der Waals surface area contributed by atoms with Crippen LogP contribution in [-0.4, -0.2) is 63.0 Å². The molecule has 0 unspecified atom stereocenters. The fourth-order valence-electron chi connectivity index (χ4n) is 4.59. The summed E-state index contributed by atoms with van der Waals surface area (Å²) in [6.07, 6.45) is 2.96. The zero-order valence-electron chi connectivity index (χ0n) is 16.0. The first-order valence-electron chi connectivity index (χ1n) is 9.62. The number of hydrogen-bond acceptors (Lipinski definition) is 5. The van der Waals surface area contributed by atoms with Gasteiger partial charge >= 0.3 is 0 Å². The average molecular weight is 391 g/mol. The number of fused-ring (bicyclic) bond motifs is 1. The van der Waals surface area contributed by atoms with Crippen LogP contribution >= 0.6 is 0 Å². The highest BCUT2D eigenvalue weighted by atomic mass is 16.3. The maximum atomic E-state index is 13.0. The van der Waals surface area contributed by atoms with Crippen molar-refractivity contribution >= 4 is 11.8 Å². The molecule has 29 heavy (non-hydrogen) atoms. The number of nitrogens with one attached hydrogen (secondary N) is 1. The van der Waals surface area contributed by atoms with Gasteiger partial charge in [0.25, 0.3) is 11.8 Å². The third-order valence-electron chi connectivity index (χ3n) is 6.01. The summed E-state index contributed by atoms with van der Waals surface area (Å²) in [5.41, 5.74) is 0.720. The number of nitrogens with zero attached hydrogens (tertiary/aromatic N) is 4. The fourth-order valence-corrected chi connectivity index (χ4v) is 4.59. The van der Waals surface area contributed by atoms with Crippen LogP contribution in [0, 0.1) is 12.8 Å². The van der Waals surface area contributed by atoms with Gasteiger partial charge in [-0.1, -0.05) is 18.2 Å². The van der Waals surface area contributed by atoms with Gasteiger partial charge in [0.1, 0.15) is 12.1 Å². The molecule has 8 heteroatoms. The molecule has 2 amide bonds. The van der Waals surface area contributed by atoms with E-state index in [9.17, 15) is 9.59 Å². The first-order chi connectivity index (χ1) is 14.1. The second kappa shape index (κ2) is 6.58. The Morgan fingerprint density at radius 2 is 1.76 bits per heavy atom. The van der Waals surface area contributed by atoms with Gasteiger partial charge in [-0.3, -0.25) is 14.7 Å². The molecule has 2 fully saturated rings. The van der Waals surface area contributed by atoms with E-state index in [4.69, 9.17) is 4.42 Å². The Morgan fingerprint density at radius 1 is 1.07 bits per heavy atom. The van der Waals surface area contributed by atoms with Crippen molar-refractivity contribution in [3.63, 3.8) is 0 Å². The molecule has 0 saturated carbocycles. The van der Waals surface area contributed by atoms with E-state index in [1.54, 1.807) is 6.07 Å². The summed E-state index contributed by atoms with van der Waals surface area (Å²) >= 11 is 0. The standard InChI is InChI=1S/C21H21N5O3/c1-14-22-20(24-23-14)21-12-25(18(27)15-5-3-2-4-6-15)9-17(21)10-26(13-21)19(28)16-7-8-29-11-16/h2-8,11,17H,9-10,12-13H2,1H3,(H,22,23,24)/t17-,21-/m0/s1. The quantitative estimate of drug-likeness (QED) is 0.735. The SMILES string of the molecule is Cc1nc([C@]23CN(C(=O)c4ccccc4)C[C@H]2CN(C(=O)c2ccoc2)C3)n[nH]1. The first-order valence-corrected chi connectivity index (χ1v) is 9.62. The zero-order valence-corrected chi connectivity index (χ0v) is 16.0. The number of benzene rings is 1. The summed E-state index contributed by atoms with van der Waals surface area (Å²) in [5.74, 6) is 1.40. The summed E-state index contributed by atoms with van der Waals surface area (Å²) < 4.78 is 5.07. The third kappa shape index (κ3) is 2.83. The molecule has 4 heterocycles. The molecule has 2 aromatic heterocycles. The molecular weight excluding hydrogens is 370 g/mol. The van der Waals surface area contributed by atoms with Crippen molar-refractivity contribution in [3.8, 4) is 0 Å². The lowest BCUT2D eigenvalue weighted by molar-refractivity contribution is 0.0731. The van der Waals surface area contributed by atoms with Crippen molar-refractivity contribution in [2.45, 2.75) is 12.3 Å². The maximum Gasteiger partial charge on any atom is 0.257 e. The molecule has 5 rings (SSSR count). The highest BCUT2D eigenvalue weighted by molar-refractivity contribution is 5.95. The highest BCUT2D eigenvalue weighted by Crippen LogP contribution is 2.44. The van der Waals surface area contributed by atoms with E-state index in [1.165, 1.54) is 12.5 Å². The number of H-pyrrole nitrogens is 1. The molecule has 2 aliphatic rings. The lowest BCUT2D eigenvalue weighted by Gasteiger charge is -2.26. The van der Waals surface area contributed by atoms with Crippen molar-refractivity contribution in [1.82, 2.24) is 25.0 Å². The number of likely N-dealkylation sites (tertiary alicyclic amines) is 2. The molecule has 2 atom stereocenters. The van der Waals surface area contributed by atoms with Crippen LogP contribution in [-0.2, 0) is 5.41 Å². The first kappa shape index (κ1) is 17.7. The number of carbonyl (C=O) groups excluding carboxylic acids is 2. The van der Waals surface area contributed by atoms with Gasteiger partial charge in [0.15, 0.2) is 5.82 Å². The Hall–Kier alpha value is -3.42. The predicted molar refractivity (Wildman–Crippen MR) is 103 cm³/mol. The van der Waals surface area contributed by atoms with Gasteiger partial charge in [-0.05, 0) is 25.1 Å². The van der Waals surface area contributed by atoms with Crippen molar-refractivity contribution in [2.24, 2.45) is 5.92 Å². The van der Waals surface area contributed by atoms with Gasteiger partial charge in [-0.15, -0.1) is 0 Å². The fraction of sp³-hybridized carbons (Fsp3) is 0.333. The van der Waals surface area contributed by atoms with Crippen molar-refractivity contribution in [1.29, 1.82) is 0 Å². The zero-order chi connectivity index (χ0) is 20.0. The van der Waals surface area contributed by atoms with E-state index >= 15 is 0 Å². The van der Waals surface area contributed by atoms with E-state index in [-0.39, 0.29) is 17.7 Å². The Morgan fingerprint density at radius 3 is 2.34 bits per heavy atom. The molecule has 0 spiro atoms. The molecule has 1 aromatic carbocycles. The minimum Gasteiger partial charge on any atom is -0.472 e. The van der Waals surface area contributed by atoms with E-state index in [0.717, 1.165) is 5.82 Å². The second-order valence-corrected chi connectivity index (χ2v) is 7.85. The van der Waals surface area contributed by atoms with Crippen LogP contribution in [0.2, 0.25) is 0 Å². The lowest BCUT2D eigenvalue weighted by Crippen LogP contribution is -2.41. The predicted octanol–water partition coefficient (Wildman–Crippen LogP) is 1.87. The normalized spacial score (nSPS) is 23.4. The summed E-state index contributed by atoms with van der Waals surface area (Å²) in [5, 5.41) is 7.34. The lowest BCUT2D eigenvalue weighted by atomic mass is 9.80. The minimum atomic E-state index is -0.478. The smallest absolute Gasteiger partial charge is 0.257 e. The minimum absolute atomic E-state index is 0.000608. The van der Waals surface area contributed by atoms with Crippen LogP contribution in [0.15, 0.2) is 53.3 Å². The molecular formula is C21H21N5O3. The Balaban J connectivity index is 1.46. The van der Waals surface area contributed by atoms with Gasteiger partial charge < -0.3 is 14.2 Å². The summed E-state index contributed by atoms with van der Waals surface area (Å²) in [4.78, 5) is 34.2. The third-order valence-corrected chi connectivity index (χ3v) is 6.01. The van der Waals surface area contributed by atoms with Crippen LogP contribution in [0.4, 0.5) is 0 Å². The Bertz CT molecular complexity index is 1050. The van der Waals surface area contributed by atoms with Gasteiger partial charge in [0.05, 0.1) is 17.2 Å². The number of aromatic amines is 1. The van der Waals surface area contributed by atoms with Crippen LogP contribution in [0.25, 0.3) is 0 Å². The summed E-state index contributed by atoms with van der Waals surface area (Å²) in [7, 11) is 0. The van der Waals surface area contributed by atoms with E-state index in [1.807, 2.05) is 47.1 Å². The molecule has 0 radical (unpaired) electrons.